The van der Waals surface area contributed by atoms with Gasteiger partial charge in [0.1, 0.15) is 5.82 Å². The first-order chi connectivity index (χ1) is 10.5. The average molecular weight is 312 g/mol. The maximum absolute atomic E-state index is 13.3. The molecule has 0 saturated carbocycles. The Morgan fingerprint density at radius 2 is 2.14 bits per heavy atom. The van der Waals surface area contributed by atoms with Gasteiger partial charge in [0.15, 0.2) is 11.6 Å². The molecule has 5 nitrogen and oxygen atoms in total. The van der Waals surface area contributed by atoms with Crippen molar-refractivity contribution >= 4 is 11.8 Å². The van der Waals surface area contributed by atoms with E-state index >= 15 is 0 Å². The van der Waals surface area contributed by atoms with Crippen LogP contribution >= 0.6 is 0 Å². The Hall–Kier alpha value is -2.18. The number of carbonyl (C=O) groups excluding carboxylic acids is 2. The van der Waals surface area contributed by atoms with Crippen LogP contribution in [0, 0.1) is 17.6 Å². The monoisotopic (exact) mass is 312 g/mol. The second kappa shape index (κ2) is 7.20. The number of likely N-dealkylation sites (tertiary alicyclic amines) is 1. The van der Waals surface area contributed by atoms with Gasteiger partial charge in [0.25, 0.3) is 0 Å². The first-order valence-electron chi connectivity index (χ1n) is 7.12. The van der Waals surface area contributed by atoms with Crippen molar-refractivity contribution in [2.24, 2.45) is 11.7 Å². The highest BCUT2D eigenvalue weighted by Crippen LogP contribution is 2.19. The van der Waals surface area contributed by atoms with E-state index in [0.29, 0.717) is 25.9 Å². The lowest BCUT2D eigenvalue weighted by Crippen LogP contribution is -2.31. The summed E-state index contributed by atoms with van der Waals surface area (Å²) in [7, 11) is 0. The highest BCUT2D eigenvalue weighted by molar-refractivity contribution is 5.81. The van der Waals surface area contributed by atoms with E-state index in [9.17, 15) is 18.4 Å². The molecule has 1 atom stereocenters. The van der Waals surface area contributed by atoms with Gasteiger partial charge in [0.2, 0.25) is 11.8 Å². The zero-order valence-corrected chi connectivity index (χ0v) is 12.1. The zero-order valence-electron chi connectivity index (χ0n) is 12.1. The number of primary amides is 1. The molecule has 0 unspecified atom stereocenters. The number of carbonyl (C=O) groups is 2. The molecule has 22 heavy (non-hydrogen) atoms. The Morgan fingerprint density at radius 3 is 2.77 bits per heavy atom. The van der Waals surface area contributed by atoms with Gasteiger partial charge < -0.3 is 15.4 Å². The van der Waals surface area contributed by atoms with Crippen molar-refractivity contribution in [2.45, 2.75) is 19.3 Å². The third kappa shape index (κ3) is 4.16. The second-order valence-corrected chi connectivity index (χ2v) is 5.25. The number of nitrogens with two attached hydrogens (primary N) is 1. The summed E-state index contributed by atoms with van der Waals surface area (Å²) in [6, 6.07) is 3.07. The lowest BCUT2D eigenvalue weighted by atomic mass is 10.1. The summed E-state index contributed by atoms with van der Waals surface area (Å²) >= 11 is 0. The molecule has 0 aromatic heterocycles. The number of hydrogen-bond acceptors (Lipinski definition) is 3. The maximum atomic E-state index is 13.3. The van der Waals surface area contributed by atoms with Crippen LogP contribution in [0.1, 0.15) is 19.3 Å². The number of benzene rings is 1. The summed E-state index contributed by atoms with van der Waals surface area (Å²) in [5.74, 6) is -2.21. The van der Waals surface area contributed by atoms with Gasteiger partial charge in [0, 0.05) is 25.6 Å². The molecule has 1 heterocycles. The Kier molecular flexibility index (Phi) is 5.30. The van der Waals surface area contributed by atoms with Crippen LogP contribution in [-0.2, 0) is 9.59 Å². The summed E-state index contributed by atoms with van der Waals surface area (Å²) in [5, 5.41) is 0. The molecule has 1 aromatic rings. The van der Waals surface area contributed by atoms with Gasteiger partial charge in [-0.1, -0.05) is 0 Å². The molecule has 1 saturated heterocycles. The topological polar surface area (TPSA) is 72.6 Å². The molecule has 120 valence electrons. The molecule has 1 aliphatic heterocycles. The largest absolute Gasteiger partial charge is 0.491 e. The highest BCUT2D eigenvalue weighted by atomic mass is 19.1. The average Bonchev–Trinajstić information content (AvgIpc) is 2.95. The SMILES string of the molecule is NC(=O)[C@@H]1CCN(C(=O)CCCOc2ccc(F)cc2F)C1. The van der Waals surface area contributed by atoms with Crippen molar-refractivity contribution in [1.29, 1.82) is 0 Å². The van der Waals surface area contributed by atoms with Crippen LogP contribution < -0.4 is 10.5 Å². The Morgan fingerprint density at radius 1 is 1.36 bits per heavy atom. The van der Waals surface area contributed by atoms with Gasteiger partial charge in [-0.3, -0.25) is 9.59 Å². The summed E-state index contributed by atoms with van der Waals surface area (Å²) in [6.07, 6.45) is 1.25. The smallest absolute Gasteiger partial charge is 0.222 e. The van der Waals surface area contributed by atoms with Crippen LogP contribution in [0.3, 0.4) is 0 Å². The number of rotatable bonds is 6. The fraction of sp³-hybridized carbons (Fsp3) is 0.467. The van der Waals surface area contributed by atoms with Crippen LogP contribution in [0.25, 0.3) is 0 Å². The second-order valence-electron chi connectivity index (χ2n) is 5.25. The van der Waals surface area contributed by atoms with E-state index in [0.717, 1.165) is 12.1 Å². The van der Waals surface area contributed by atoms with E-state index < -0.39 is 11.6 Å². The number of halogens is 2. The third-order valence-corrected chi connectivity index (χ3v) is 3.63. The molecule has 0 aliphatic carbocycles. The fourth-order valence-electron chi connectivity index (χ4n) is 2.37. The van der Waals surface area contributed by atoms with Crippen molar-refractivity contribution in [3.63, 3.8) is 0 Å². The van der Waals surface area contributed by atoms with Crippen molar-refractivity contribution in [1.82, 2.24) is 4.90 Å². The molecule has 1 aliphatic rings. The van der Waals surface area contributed by atoms with Gasteiger partial charge in [-0.2, -0.15) is 0 Å². The molecule has 1 aromatic carbocycles. The van der Waals surface area contributed by atoms with Crippen LogP contribution in [0.15, 0.2) is 18.2 Å². The Bertz CT molecular complexity index is 566. The van der Waals surface area contributed by atoms with E-state index in [1.54, 1.807) is 4.90 Å². The summed E-state index contributed by atoms with van der Waals surface area (Å²) in [6.45, 7) is 1.04. The minimum absolute atomic E-state index is 0.0381. The Balaban J connectivity index is 1.70. The Labute approximate surface area is 127 Å². The zero-order chi connectivity index (χ0) is 16.1. The number of hydrogen-bond donors (Lipinski definition) is 1. The third-order valence-electron chi connectivity index (χ3n) is 3.63. The molecular weight excluding hydrogens is 294 g/mol. The highest BCUT2D eigenvalue weighted by Gasteiger charge is 2.29. The molecule has 1 fully saturated rings. The van der Waals surface area contributed by atoms with Crippen LogP contribution in [0.2, 0.25) is 0 Å². The quantitative estimate of drug-likeness (QED) is 0.808. The molecule has 2 rings (SSSR count). The van der Waals surface area contributed by atoms with E-state index in [-0.39, 0.29) is 36.5 Å². The lowest BCUT2D eigenvalue weighted by molar-refractivity contribution is -0.130. The molecule has 0 spiro atoms. The van der Waals surface area contributed by atoms with Crippen LogP contribution in [-0.4, -0.2) is 36.4 Å². The van der Waals surface area contributed by atoms with Crippen molar-refractivity contribution in [3.8, 4) is 5.75 Å². The molecule has 0 radical (unpaired) electrons. The first-order valence-corrected chi connectivity index (χ1v) is 7.12. The predicted octanol–water partition coefficient (Wildman–Crippen LogP) is 1.46. The first kappa shape index (κ1) is 16.2. The number of nitrogens with zero attached hydrogens (tertiary/aromatic N) is 1. The number of amides is 2. The lowest BCUT2D eigenvalue weighted by Gasteiger charge is -2.16. The van der Waals surface area contributed by atoms with Gasteiger partial charge in [0.05, 0.1) is 12.5 Å². The number of ether oxygens (including phenoxy) is 1. The normalized spacial score (nSPS) is 17.5. The fourth-order valence-corrected chi connectivity index (χ4v) is 2.37. The van der Waals surface area contributed by atoms with E-state index in [1.807, 2.05) is 0 Å². The van der Waals surface area contributed by atoms with E-state index in [2.05, 4.69) is 0 Å². The molecule has 7 heteroatoms. The summed E-state index contributed by atoms with van der Waals surface area (Å²) < 4.78 is 31.2. The molecular formula is C15H18F2N2O3. The predicted molar refractivity (Wildman–Crippen MR) is 75.0 cm³/mol. The van der Waals surface area contributed by atoms with Crippen molar-refractivity contribution < 1.29 is 23.1 Å². The van der Waals surface area contributed by atoms with Crippen LogP contribution in [0.5, 0.6) is 5.75 Å². The van der Waals surface area contributed by atoms with Crippen molar-refractivity contribution in [3.05, 3.63) is 29.8 Å². The molecule has 2 amide bonds. The minimum Gasteiger partial charge on any atom is -0.491 e. The standard InChI is InChI=1S/C15H18F2N2O3/c16-11-3-4-13(12(17)8-11)22-7-1-2-14(20)19-6-5-10(9-19)15(18)21/h3-4,8,10H,1-2,5-7,9H2,(H2,18,21)/t10-/m1/s1. The minimum atomic E-state index is -0.768. The summed E-state index contributed by atoms with van der Waals surface area (Å²) in [4.78, 5) is 24.6. The van der Waals surface area contributed by atoms with Crippen molar-refractivity contribution in [2.75, 3.05) is 19.7 Å². The van der Waals surface area contributed by atoms with E-state index in [4.69, 9.17) is 10.5 Å². The van der Waals surface area contributed by atoms with Gasteiger partial charge >= 0.3 is 0 Å². The van der Waals surface area contributed by atoms with Gasteiger partial charge in [-0.15, -0.1) is 0 Å². The molecule has 0 bridgehead atoms. The summed E-state index contributed by atoms with van der Waals surface area (Å²) in [5.41, 5.74) is 5.21. The molecule has 2 N–H and O–H groups in total. The van der Waals surface area contributed by atoms with E-state index in [1.165, 1.54) is 6.07 Å². The van der Waals surface area contributed by atoms with Gasteiger partial charge in [-0.25, -0.2) is 8.78 Å². The van der Waals surface area contributed by atoms with Gasteiger partial charge in [-0.05, 0) is 25.0 Å². The maximum Gasteiger partial charge on any atom is 0.222 e. The van der Waals surface area contributed by atoms with Crippen LogP contribution in [0.4, 0.5) is 8.78 Å².